The topological polar surface area (TPSA) is 46.8 Å². The zero-order valence-electron chi connectivity index (χ0n) is 18.3. The largest absolute Gasteiger partial charge is 0.444 e. The first-order valence-electron chi connectivity index (χ1n) is 10.2. The normalized spacial score (nSPS) is 12.1. The number of hydrogen-bond donors (Lipinski definition) is 0. The van der Waals surface area contributed by atoms with Gasteiger partial charge in [0.15, 0.2) is 4.80 Å². The Bertz CT molecular complexity index is 1070. The highest BCUT2D eigenvalue weighted by Crippen LogP contribution is 2.23. The molecule has 0 aliphatic carbocycles. The molecule has 0 unspecified atom stereocenters. The first-order chi connectivity index (χ1) is 14.7. The maximum Gasteiger partial charge on any atom is 0.410 e. The van der Waals surface area contributed by atoms with Gasteiger partial charge in [-0.25, -0.2) is 9.79 Å². The summed E-state index contributed by atoms with van der Waals surface area (Å²) in [7, 11) is 1.78. The number of hydrogen-bond acceptors (Lipinski definition) is 4. The molecule has 2 aromatic carbocycles. The Kier molecular flexibility index (Phi) is 7.73. The molecule has 0 N–H and O–H groups in total. The molecule has 1 amide bonds. The summed E-state index contributed by atoms with van der Waals surface area (Å²) in [4.78, 5) is 19.7. The fraction of sp³-hybridized carbons (Fsp3) is 0.333. The predicted molar refractivity (Wildman–Crippen MR) is 131 cm³/mol. The highest BCUT2D eigenvalue weighted by atomic mass is 79.9. The summed E-state index contributed by atoms with van der Waals surface area (Å²) in [6.45, 7) is 6.97. The molecule has 7 heteroatoms. The third-order valence-corrected chi connectivity index (χ3v) is 5.89. The fourth-order valence-electron chi connectivity index (χ4n) is 3.00. The van der Waals surface area contributed by atoms with Gasteiger partial charge in [0.05, 0.1) is 11.4 Å². The summed E-state index contributed by atoms with van der Waals surface area (Å²) in [6, 6.07) is 18.2. The van der Waals surface area contributed by atoms with E-state index in [0.717, 1.165) is 39.2 Å². The minimum absolute atomic E-state index is 0.301. The van der Waals surface area contributed by atoms with E-state index < -0.39 is 5.60 Å². The van der Waals surface area contributed by atoms with Crippen LogP contribution in [0.1, 0.15) is 27.2 Å². The van der Waals surface area contributed by atoms with Gasteiger partial charge in [0.1, 0.15) is 5.60 Å². The van der Waals surface area contributed by atoms with E-state index in [1.54, 1.807) is 23.3 Å². The van der Waals surface area contributed by atoms with Crippen molar-refractivity contribution in [3.8, 4) is 11.3 Å². The van der Waals surface area contributed by atoms with Gasteiger partial charge in [-0.3, -0.25) is 0 Å². The van der Waals surface area contributed by atoms with E-state index in [1.807, 2.05) is 63.2 Å². The summed E-state index contributed by atoms with van der Waals surface area (Å²) >= 11 is 5.13. The highest BCUT2D eigenvalue weighted by Gasteiger charge is 2.19. The van der Waals surface area contributed by atoms with Gasteiger partial charge in [-0.1, -0.05) is 46.3 Å². The fourth-order valence-corrected chi connectivity index (χ4v) is 4.22. The monoisotopic (exact) mass is 501 g/mol. The number of aromatic nitrogens is 1. The summed E-state index contributed by atoms with van der Waals surface area (Å²) in [5, 5.41) is 2.14. The Labute approximate surface area is 196 Å². The van der Waals surface area contributed by atoms with Crippen LogP contribution in [0.5, 0.6) is 0 Å². The molecule has 1 aromatic heterocycles. The van der Waals surface area contributed by atoms with E-state index >= 15 is 0 Å². The average molecular weight is 502 g/mol. The van der Waals surface area contributed by atoms with Crippen molar-refractivity contribution < 1.29 is 9.53 Å². The Morgan fingerprint density at radius 1 is 1.13 bits per heavy atom. The van der Waals surface area contributed by atoms with E-state index in [0.29, 0.717) is 6.54 Å². The van der Waals surface area contributed by atoms with Crippen LogP contribution in [0.25, 0.3) is 11.3 Å². The highest BCUT2D eigenvalue weighted by molar-refractivity contribution is 9.10. The number of carbonyl (C=O) groups excluding carboxylic acids is 1. The van der Waals surface area contributed by atoms with E-state index in [-0.39, 0.29) is 6.09 Å². The summed E-state index contributed by atoms with van der Waals surface area (Å²) in [6.07, 6.45) is 0.489. The van der Waals surface area contributed by atoms with Crippen LogP contribution >= 0.6 is 27.3 Å². The van der Waals surface area contributed by atoms with Crippen molar-refractivity contribution in [2.24, 2.45) is 4.99 Å². The van der Waals surface area contributed by atoms with Crippen LogP contribution in [-0.4, -0.2) is 34.8 Å². The lowest BCUT2D eigenvalue weighted by atomic mass is 10.2. The van der Waals surface area contributed by atoms with Crippen molar-refractivity contribution >= 4 is 39.0 Å². The lowest BCUT2D eigenvalue weighted by Gasteiger charge is -2.24. The Hall–Kier alpha value is -2.38. The Morgan fingerprint density at radius 2 is 1.81 bits per heavy atom. The molecule has 0 saturated carbocycles. The summed E-state index contributed by atoms with van der Waals surface area (Å²) in [5.41, 5.74) is 2.68. The molecule has 1 heterocycles. The zero-order valence-corrected chi connectivity index (χ0v) is 20.7. The molecular weight excluding hydrogens is 474 g/mol. The van der Waals surface area contributed by atoms with E-state index in [4.69, 9.17) is 9.73 Å². The second kappa shape index (κ2) is 10.3. The van der Waals surface area contributed by atoms with Crippen molar-refractivity contribution in [1.29, 1.82) is 0 Å². The number of rotatable bonds is 6. The summed E-state index contributed by atoms with van der Waals surface area (Å²) in [5.74, 6) is 0. The lowest BCUT2D eigenvalue weighted by Crippen LogP contribution is -2.35. The predicted octanol–water partition coefficient (Wildman–Crippen LogP) is 6.47. The van der Waals surface area contributed by atoms with Gasteiger partial charge in [-0.2, -0.15) is 0 Å². The Morgan fingerprint density at radius 3 is 2.45 bits per heavy atom. The molecule has 0 bridgehead atoms. The molecule has 3 rings (SSSR count). The minimum atomic E-state index is -0.496. The molecule has 0 spiro atoms. The lowest BCUT2D eigenvalue weighted by molar-refractivity contribution is 0.0295. The molecule has 0 radical (unpaired) electrons. The van der Waals surface area contributed by atoms with Crippen molar-refractivity contribution in [3.05, 3.63) is 69.3 Å². The standard InChI is InChI=1S/C24H28BrN3O2S/c1-24(2,3)30-23(29)27(4)15-8-16-28-21(18-11-13-19(25)14-12-18)17-31-22(28)26-20-9-6-5-7-10-20/h5-7,9-14,17H,8,15-16H2,1-4H3/b26-22+. The maximum atomic E-state index is 12.3. The van der Waals surface area contributed by atoms with Gasteiger partial charge in [-0.15, -0.1) is 11.3 Å². The number of para-hydroxylation sites is 1. The second-order valence-electron chi connectivity index (χ2n) is 8.26. The number of ether oxygens (including phenoxy) is 1. The molecular formula is C24H28BrN3O2S. The van der Waals surface area contributed by atoms with Crippen LogP contribution in [-0.2, 0) is 11.3 Å². The van der Waals surface area contributed by atoms with E-state index in [2.05, 4.69) is 38.0 Å². The number of amides is 1. The van der Waals surface area contributed by atoms with E-state index in [1.165, 1.54) is 0 Å². The first-order valence-corrected chi connectivity index (χ1v) is 11.9. The maximum absolute atomic E-state index is 12.3. The van der Waals surface area contributed by atoms with Crippen LogP contribution in [0.4, 0.5) is 10.5 Å². The first kappa shape index (κ1) is 23.3. The third-order valence-electron chi connectivity index (χ3n) is 4.50. The van der Waals surface area contributed by atoms with Crippen LogP contribution in [0.2, 0.25) is 0 Å². The third kappa shape index (κ3) is 6.80. The average Bonchev–Trinajstić information content (AvgIpc) is 3.10. The smallest absolute Gasteiger partial charge is 0.410 e. The molecule has 3 aromatic rings. The quantitative estimate of drug-likeness (QED) is 0.388. The van der Waals surface area contributed by atoms with Crippen molar-refractivity contribution in [1.82, 2.24) is 9.47 Å². The number of thiazole rings is 1. The van der Waals surface area contributed by atoms with Gasteiger partial charge in [-0.05, 0) is 57.0 Å². The molecule has 0 atom stereocenters. The minimum Gasteiger partial charge on any atom is -0.444 e. The zero-order chi connectivity index (χ0) is 22.4. The molecule has 0 fully saturated rings. The summed E-state index contributed by atoms with van der Waals surface area (Å²) < 4.78 is 8.73. The van der Waals surface area contributed by atoms with E-state index in [9.17, 15) is 4.79 Å². The van der Waals surface area contributed by atoms with Crippen molar-refractivity contribution in [2.45, 2.75) is 39.3 Å². The van der Waals surface area contributed by atoms with Crippen molar-refractivity contribution in [3.63, 3.8) is 0 Å². The van der Waals surface area contributed by atoms with Gasteiger partial charge in [0.2, 0.25) is 0 Å². The molecule has 0 aliphatic rings. The van der Waals surface area contributed by atoms with Crippen LogP contribution < -0.4 is 4.80 Å². The molecule has 31 heavy (non-hydrogen) atoms. The van der Waals surface area contributed by atoms with Gasteiger partial charge in [0, 0.05) is 30.0 Å². The number of halogens is 1. The van der Waals surface area contributed by atoms with Gasteiger partial charge >= 0.3 is 6.09 Å². The number of nitrogens with zero attached hydrogens (tertiary/aromatic N) is 3. The SMILES string of the molecule is CN(CCCn1c(-c2ccc(Br)cc2)cs/c1=N/c1ccccc1)C(=O)OC(C)(C)C. The number of benzene rings is 2. The van der Waals surface area contributed by atoms with Gasteiger partial charge < -0.3 is 14.2 Å². The molecule has 0 aliphatic heterocycles. The molecule has 5 nitrogen and oxygen atoms in total. The van der Waals surface area contributed by atoms with Crippen LogP contribution in [0, 0.1) is 0 Å². The number of carbonyl (C=O) groups is 1. The molecule has 0 saturated heterocycles. The van der Waals surface area contributed by atoms with Gasteiger partial charge in [0.25, 0.3) is 0 Å². The van der Waals surface area contributed by atoms with Crippen LogP contribution in [0.3, 0.4) is 0 Å². The van der Waals surface area contributed by atoms with Crippen molar-refractivity contribution in [2.75, 3.05) is 13.6 Å². The Balaban J connectivity index is 1.83. The molecule has 164 valence electrons. The van der Waals surface area contributed by atoms with Crippen LogP contribution in [0.15, 0.2) is 69.4 Å². The second-order valence-corrected chi connectivity index (χ2v) is 10.0.